The van der Waals surface area contributed by atoms with E-state index in [4.69, 9.17) is 14.9 Å². The van der Waals surface area contributed by atoms with Crippen molar-refractivity contribution in [1.82, 2.24) is 4.98 Å². The van der Waals surface area contributed by atoms with Crippen LogP contribution in [0.4, 0.5) is 0 Å². The molecule has 0 unspecified atom stereocenters. The van der Waals surface area contributed by atoms with Crippen LogP contribution in [-0.2, 0) is 13.0 Å². The Morgan fingerprint density at radius 3 is 2.76 bits per heavy atom. The maximum Gasteiger partial charge on any atom is 0.232 e. The van der Waals surface area contributed by atoms with Crippen LogP contribution >= 0.6 is 0 Å². The number of para-hydroxylation sites is 1. The number of oxazole rings is 1. The molecule has 4 heteroatoms. The zero-order valence-electron chi connectivity index (χ0n) is 9.85. The van der Waals surface area contributed by atoms with Gasteiger partial charge in [-0.3, -0.25) is 0 Å². The average molecular weight is 232 g/mol. The number of ether oxygens (including phenoxy) is 1. The lowest BCUT2D eigenvalue weighted by atomic mass is 10.3. The first-order chi connectivity index (χ1) is 8.29. The Morgan fingerprint density at radius 1 is 1.29 bits per heavy atom. The smallest absolute Gasteiger partial charge is 0.232 e. The van der Waals surface area contributed by atoms with Crippen LogP contribution < -0.4 is 10.5 Å². The quantitative estimate of drug-likeness (QED) is 0.857. The molecule has 0 aliphatic carbocycles. The first-order valence-electron chi connectivity index (χ1n) is 5.62. The van der Waals surface area contributed by atoms with Crippen molar-refractivity contribution in [1.29, 1.82) is 0 Å². The summed E-state index contributed by atoms with van der Waals surface area (Å²) in [6.45, 7) is 2.81. The molecular formula is C13H16N2O2. The Labute approximate surface area is 100 Å². The molecule has 0 atom stereocenters. The average Bonchev–Trinajstić information content (AvgIpc) is 2.70. The van der Waals surface area contributed by atoms with Crippen LogP contribution in [-0.4, -0.2) is 11.5 Å². The summed E-state index contributed by atoms with van der Waals surface area (Å²) in [5.74, 6) is 2.22. The summed E-state index contributed by atoms with van der Waals surface area (Å²) in [6, 6.07) is 9.60. The fourth-order valence-corrected chi connectivity index (χ4v) is 1.58. The van der Waals surface area contributed by atoms with Gasteiger partial charge in [0.15, 0.2) is 6.61 Å². The maximum absolute atomic E-state index is 5.55. The van der Waals surface area contributed by atoms with E-state index in [1.165, 1.54) is 0 Å². The summed E-state index contributed by atoms with van der Waals surface area (Å²) in [5.41, 5.74) is 6.41. The minimum Gasteiger partial charge on any atom is -0.484 e. The molecule has 0 saturated heterocycles. The number of nitrogens with zero attached hydrogens (tertiary/aromatic N) is 1. The number of nitrogens with two attached hydrogens (primary N) is 1. The molecule has 2 aromatic rings. The molecule has 0 aliphatic heterocycles. The fraction of sp³-hybridized carbons (Fsp3) is 0.308. The van der Waals surface area contributed by atoms with Crippen molar-refractivity contribution in [3.8, 4) is 5.75 Å². The summed E-state index contributed by atoms with van der Waals surface area (Å²) in [7, 11) is 0. The van der Waals surface area contributed by atoms with Crippen molar-refractivity contribution in [2.75, 3.05) is 6.54 Å². The minimum absolute atomic E-state index is 0.343. The predicted molar refractivity (Wildman–Crippen MR) is 64.8 cm³/mol. The Kier molecular flexibility index (Phi) is 3.77. The third-order valence-corrected chi connectivity index (χ3v) is 2.42. The van der Waals surface area contributed by atoms with Gasteiger partial charge in [-0.05, 0) is 25.6 Å². The Balaban J connectivity index is 1.97. The van der Waals surface area contributed by atoms with Crippen molar-refractivity contribution >= 4 is 0 Å². The lowest BCUT2D eigenvalue weighted by molar-refractivity contribution is 0.260. The van der Waals surface area contributed by atoms with Gasteiger partial charge in [0, 0.05) is 6.42 Å². The van der Waals surface area contributed by atoms with Gasteiger partial charge < -0.3 is 14.9 Å². The fourth-order valence-electron chi connectivity index (χ4n) is 1.58. The molecule has 0 radical (unpaired) electrons. The first-order valence-corrected chi connectivity index (χ1v) is 5.62. The molecule has 4 nitrogen and oxygen atoms in total. The van der Waals surface area contributed by atoms with Crippen LogP contribution in [0.25, 0.3) is 0 Å². The van der Waals surface area contributed by atoms with Gasteiger partial charge in [-0.15, -0.1) is 0 Å². The van der Waals surface area contributed by atoms with Crippen LogP contribution in [0.3, 0.4) is 0 Å². The number of hydrogen-bond donors (Lipinski definition) is 1. The summed E-state index contributed by atoms with van der Waals surface area (Å²) >= 11 is 0. The molecule has 0 aliphatic rings. The van der Waals surface area contributed by atoms with Crippen molar-refractivity contribution in [3.63, 3.8) is 0 Å². The molecule has 0 bridgehead atoms. The molecular weight excluding hydrogens is 216 g/mol. The molecule has 90 valence electrons. The molecule has 1 aromatic heterocycles. The minimum atomic E-state index is 0.343. The monoisotopic (exact) mass is 232 g/mol. The Morgan fingerprint density at radius 2 is 2.06 bits per heavy atom. The second-order valence-corrected chi connectivity index (χ2v) is 3.75. The normalized spacial score (nSPS) is 10.5. The van der Waals surface area contributed by atoms with E-state index < -0.39 is 0 Å². The van der Waals surface area contributed by atoms with Crippen LogP contribution in [0.2, 0.25) is 0 Å². The zero-order chi connectivity index (χ0) is 12.1. The van der Waals surface area contributed by atoms with Gasteiger partial charge >= 0.3 is 0 Å². The van der Waals surface area contributed by atoms with E-state index in [0.29, 0.717) is 19.0 Å². The van der Waals surface area contributed by atoms with Gasteiger partial charge in [0.2, 0.25) is 5.89 Å². The second-order valence-electron chi connectivity index (χ2n) is 3.75. The molecule has 17 heavy (non-hydrogen) atoms. The van der Waals surface area contributed by atoms with Crippen molar-refractivity contribution in [3.05, 3.63) is 47.7 Å². The Hall–Kier alpha value is -1.81. The third-order valence-electron chi connectivity index (χ3n) is 2.42. The number of aromatic nitrogens is 1. The largest absolute Gasteiger partial charge is 0.484 e. The van der Waals surface area contributed by atoms with E-state index in [1.807, 2.05) is 37.3 Å². The van der Waals surface area contributed by atoms with E-state index in [0.717, 1.165) is 23.6 Å². The zero-order valence-corrected chi connectivity index (χ0v) is 9.85. The highest BCUT2D eigenvalue weighted by atomic mass is 16.5. The molecule has 0 fully saturated rings. The summed E-state index contributed by atoms with van der Waals surface area (Å²) < 4.78 is 11.0. The molecule has 2 N–H and O–H groups in total. The lowest BCUT2D eigenvalue weighted by Gasteiger charge is -2.01. The SMILES string of the molecule is Cc1oc(COc2ccccc2)nc1CCN. The van der Waals surface area contributed by atoms with E-state index in [1.54, 1.807) is 0 Å². The lowest BCUT2D eigenvalue weighted by Crippen LogP contribution is -2.04. The highest BCUT2D eigenvalue weighted by Crippen LogP contribution is 2.14. The molecule has 0 spiro atoms. The number of benzene rings is 1. The summed E-state index contributed by atoms with van der Waals surface area (Å²) in [5, 5.41) is 0. The van der Waals surface area contributed by atoms with Crippen molar-refractivity contribution in [2.45, 2.75) is 20.0 Å². The molecule has 1 heterocycles. The molecule has 1 aromatic carbocycles. The number of hydrogen-bond acceptors (Lipinski definition) is 4. The van der Waals surface area contributed by atoms with Gasteiger partial charge in [-0.2, -0.15) is 0 Å². The van der Waals surface area contributed by atoms with Crippen LogP contribution in [0.5, 0.6) is 5.75 Å². The van der Waals surface area contributed by atoms with Crippen LogP contribution in [0.15, 0.2) is 34.7 Å². The highest BCUT2D eigenvalue weighted by Gasteiger charge is 2.08. The summed E-state index contributed by atoms with van der Waals surface area (Å²) in [6.07, 6.45) is 0.737. The number of aryl methyl sites for hydroxylation is 1. The van der Waals surface area contributed by atoms with E-state index in [-0.39, 0.29) is 0 Å². The highest BCUT2D eigenvalue weighted by molar-refractivity contribution is 5.21. The Bertz CT molecular complexity index is 466. The third kappa shape index (κ3) is 3.07. The molecule has 0 saturated carbocycles. The van der Waals surface area contributed by atoms with E-state index in [2.05, 4.69) is 4.98 Å². The van der Waals surface area contributed by atoms with Gasteiger partial charge in [0.25, 0.3) is 0 Å². The number of rotatable bonds is 5. The van der Waals surface area contributed by atoms with Gasteiger partial charge in [-0.1, -0.05) is 18.2 Å². The van der Waals surface area contributed by atoms with Gasteiger partial charge in [0.05, 0.1) is 5.69 Å². The first kappa shape index (κ1) is 11.7. The standard InChI is InChI=1S/C13H16N2O2/c1-10-12(7-8-14)15-13(17-10)9-16-11-5-3-2-4-6-11/h2-6H,7-9,14H2,1H3. The molecule has 2 rings (SSSR count). The second kappa shape index (κ2) is 5.50. The van der Waals surface area contributed by atoms with Crippen LogP contribution in [0, 0.1) is 6.92 Å². The van der Waals surface area contributed by atoms with Gasteiger partial charge in [-0.25, -0.2) is 4.98 Å². The topological polar surface area (TPSA) is 61.3 Å². The van der Waals surface area contributed by atoms with E-state index in [9.17, 15) is 0 Å². The molecule has 0 amide bonds. The van der Waals surface area contributed by atoms with E-state index >= 15 is 0 Å². The maximum atomic E-state index is 5.55. The predicted octanol–water partition coefficient (Wildman–Crippen LogP) is 2.06. The van der Waals surface area contributed by atoms with Crippen molar-refractivity contribution in [2.24, 2.45) is 5.73 Å². The summed E-state index contributed by atoms with van der Waals surface area (Å²) in [4.78, 5) is 4.34. The van der Waals surface area contributed by atoms with Crippen molar-refractivity contribution < 1.29 is 9.15 Å². The van der Waals surface area contributed by atoms with Gasteiger partial charge in [0.1, 0.15) is 11.5 Å². The van der Waals surface area contributed by atoms with Crippen LogP contribution in [0.1, 0.15) is 17.3 Å².